The summed E-state index contributed by atoms with van der Waals surface area (Å²) in [6, 6.07) is 11.4. The van der Waals surface area contributed by atoms with Gasteiger partial charge in [-0.15, -0.1) is 0 Å². The van der Waals surface area contributed by atoms with Crippen LogP contribution in [0.25, 0.3) is 10.9 Å². The van der Waals surface area contributed by atoms with Crippen LogP contribution in [0.2, 0.25) is 0 Å². The molecule has 8 rings (SSSR count). The Kier molecular flexibility index (Phi) is 3.95. The number of carboxylic acid groups (broad SMARTS) is 1. The molecule has 2 fully saturated rings. The molecule has 3 aliphatic carbocycles. The Balaban J connectivity index is 1.44. The van der Waals surface area contributed by atoms with Crippen LogP contribution < -0.4 is 9.47 Å². The van der Waals surface area contributed by atoms with E-state index in [1.807, 2.05) is 30.3 Å². The lowest BCUT2D eigenvalue weighted by atomic mass is 9.48. The maximum Gasteiger partial charge on any atom is 0.336 e. The number of fused-ring (bicyclic) bond motifs is 3. The summed E-state index contributed by atoms with van der Waals surface area (Å²) in [5.41, 5.74) is 2.53. The minimum atomic E-state index is -1.17. The van der Waals surface area contributed by atoms with E-state index in [4.69, 9.17) is 14.5 Å². The number of ether oxygens (including phenoxy) is 2. The number of aromatic carboxylic acids is 1. The number of carbonyl (C=O) groups is 1. The van der Waals surface area contributed by atoms with Crippen LogP contribution in [0.4, 0.5) is 0 Å². The fourth-order valence-corrected chi connectivity index (χ4v) is 7.98. The molecule has 2 unspecified atom stereocenters. The second-order valence-electron chi connectivity index (χ2n) is 11.3. The van der Waals surface area contributed by atoms with Crippen LogP contribution in [0.1, 0.15) is 58.1 Å². The monoisotopic (exact) mass is 484 g/mol. The van der Waals surface area contributed by atoms with Gasteiger partial charge < -0.3 is 19.7 Å². The first-order valence-electron chi connectivity index (χ1n) is 12.9. The lowest BCUT2D eigenvalue weighted by molar-refractivity contribution is -0.173. The number of aromatic nitrogens is 1. The number of methoxy groups -OCH3 is 1. The second-order valence-corrected chi connectivity index (χ2v) is 11.3. The number of pyridine rings is 1. The van der Waals surface area contributed by atoms with Gasteiger partial charge in [-0.1, -0.05) is 24.3 Å². The normalized spacial score (nSPS) is 31.5. The fourth-order valence-electron chi connectivity index (χ4n) is 7.98. The predicted octanol–water partition coefficient (Wildman–Crippen LogP) is 3.64. The topological polar surface area (TPSA) is 92.1 Å². The van der Waals surface area contributed by atoms with Gasteiger partial charge >= 0.3 is 5.97 Å². The van der Waals surface area contributed by atoms with Crippen LogP contribution in [0.15, 0.2) is 36.4 Å². The molecule has 0 radical (unpaired) electrons. The number of nitrogens with zero attached hydrogens (tertiary/aromatic N) is 2. The molecule has 36 heavy (non-hydrogen) atoms. The van der Waals surface area contributed by atoms with Gasteiger partial charge in [0.1, 0.15) is 0 Å². The molecule has 1 spiro atoms. The fraction of sp³-hybridized carbons (Fsp3) is 0.448. The number of benzene rings is 2. The first-order valence-corrected chi connectivity index (χ1v) is 12.9. The molecule has 4 atom stereocenters. The number of rotatable bonds is 4. The molecule has 1 aromatic heterocycles. The molecule has 2 N–H and O–H groups in total. The van der Waals surface area contributed by atoms with Gasteiger partial charge in [0.15, 0.2) is 17.6 Å². The number of piperidine rings is 1. The summed E-state index contributed by atoms with van der Waals surface area (Å²) in [6.07, 6.45) is 3.64. The Morgan fingerprint density at radius 2 is 2.08 bits per heavy atom. The zero-order valence-electron chi connectivity index (χ0n) is 20.2. The Bertz CT molecular complexity index is 1480. The highest BCUT2D eigenvalue weighted by molar-refractivity contribution is 6.04. The maximum atomic E-state index is 12.9. The standard InChI is InChI=1S/C29H28N2O5/c1-35-20-9-8-16-12-21-29(34)13-18-22(27(32)33)17-4-2-3-5-19(17)30-24(18)26-28(29,23(16)25(20)36-26)10-11-31(21)14-15-6-7-15/h2-5,8-9,15,21,26,34H,6-7,10-14H2,1H3,(H,32,33)/t21-,26?,28-,29?/m0/s1. The molecule has 0 amide bonds. The van der Waals surface area contributed by atoms with Gasteiger partial charge in [-0.2, -0.15) is 0 Å². The first-order chi connectivity index (χ1) is 17.5. The summed E-state index contributed by atoms with van der Waals surface area (Å²) < 4.78 is 12.5. The van der Waals surface area contributed by atoms with Crippen LogP contribution in [0.3, 0.4) is 0 Å². The van der Waals surface area contributed by atoms with E-state index in [9.17, 15) is 15.0 Å². The molecule has 7 nitrogen and oxygen atoms in total. The number of para-hydroxylation sites is 1. The van der Waals surface area contributed by atoms with Crippen LogP contribution in [0, 0.1) is 5.92 Å². The van der Waals surface area contributed by atoms with Crippen molar-refractivity contribution in [3.05, 3.63) is 64.3 Å². The van der Waals surface area contributed by atoms with Gasteiger partial charge in [0.25, 0.3) is 0 Å². The van der Waals surface area contributed by atoms with Gasteiger partial charge in [0, 0.05) is 30.0 Å². The van der Waals surface area contributed by atoms with Crippen molar-refractivity contribution in [2.75, 3.05) is 20.2 Å². The van der Waals surface area contributed by atoms with Crippen molar-refractivity contribution < 1.29 is 24.5 Å². The van der Waals surface area contributed by atoms with Crippen molar-refractivity contribution in [1.29, 1.82) is 0 Å². The van der Waals surface area contributed by atoms with E-state index in [0.29, 0.717) is 46.0 Å². The number of carboxylic acids is 1. The number of aliphatic hydroxyl groups is 1. The third-order valence-electron chi connectivity index (χ3n) is 9.65. The first kappa shape index (κ1) is 21.0. The lowest BCUT2D eigenvalue weighted by Gasteiger charge is -2.63. The molecule has 1 saturated heterocycles. The van der Waals surface area contributed by atoms with E-state index >= 15 is 0 Å². The smallest absolute Gasteiger partial charge is 0.336 e. The van der Waals surface area contributed by atoms with Gasteiger partial charge in [-0.05, 0) is 61.4 Å². The average molecular weight is 485 g/mol. The van der Waals surface area contributed by atoms with E-state index in [-0.39, 0.29) is 18.0 Å². The highest BCUT2D eigenvalue weighted by atomic mass is 16.5. The quantitative estimate of drug-likeness (QED) is 0.584. The van der Waals surface area contributed by atoms with Gasteiger partial charge in [0.05, 0.1) is 34.9 Å². The molecule has 2 aliphatic heterocycles. The van der Waals surface area contributed by atoms with Crippen molar-refractivity contribution >= 4 is 16.9 Å². The molecule has 2 bridgehead atoms. The molecule has 7 heteroatoms. The van der Waals surface area contributed by atoms with E-state index in [1.54, 1.807) is 7.11 Å². The number of likely N-dealkylation sites (tertiary alicyclic amines) is 1. The highest BCUT2D eigenvalue weighted by Gasteiger charge is 2.73. The highest BCUT2D eigenvalue weighted by Crippen LogP contribution is 2.69. The van der Waals surface area contributed by atoms with Crippen molar-refractivity contribution in [1.82, 2.24) is 9.88 Å². The zero-order valence-corrected chi connectivity index (χ0v) is 20.2. The number of hydrogen-bond acceptors (Lipinski definition) is 6. The minimum absolute atomic E-state index is 0.105. The van der Waals surface area contributed by atoms with E-state index in [1.165, 1.54) is 18.4 Å². The molecular formula is C29H28N2O5. The largest absolute Gasteiger partial charge is 0.493 e. The van der Waals surface area contributed by atoms with E-state index in [0.717, 1.165) is 25.1 Å². The van der Waals surface area contributed by atoms with Gasteiger partial charge in [-0.25, -0.2) is 9.78 Å². The van der Waals surface area contributed by atoms with Crippen LogP contribution in [-0.2, 0) is 18.3 Å². The predicted molar refractivity (Wildman–Crippen MR) is 132 cm³/mol. The summed E-state index contributed by atoms with van der Waals surface area (Å²) in [5.74, 6) is 1.04. The van der Waals surface area contributed by atoms with Crippen molar-refractivity contribution in [2.24, 2.45) is 5.92 Å². The average Bonchev–Trinajstić information content (AvgIpc) is 3.61. The molecular weight excluding hydrogens is 456 g/mol. The van der Waals surface area contributed by atoms with Crippen molar-refractivity contribution in [2.45, 2.75) is 55.3 Å². The molecule has 3 aromatic rings. The lowest BCUT2D eigenvalue weighted by Crippen LogP contribution is -2.74. The van der Waals surface area contributed by atoms with Gasteiger partial charge in [-0.3, -0.25) is 4.90 Å². The van der Waals surface area contributed by atoms with Gasteiger partial charge in [0.2, 0.25) is 0 Å². The van der Waals surface area contributed by atoms with Crippen molar-refractivity contribution in [3.8, 4) is 11.5 Å². The van der Waals surface area contributed by atoms with Crippen molar-refractivity contribution in [3.63, 3.8) is 0 Å². The summed E-state index contributed by atoms with van der Waals surface area (Å²) >= 11 is 0. The molecule has 184 valence electrons. The molecule has 1 saturated carbocycles. The summed E-state index contributed by atoms with van der Waals surface area (Å²) in [5, 5.41) is 23.9. The maximum absolute atomic E-state index is 12.9. The van der Waals surface area contributed by atoms with Crippen LogP contribution >= 0.6 is 0 Å². The van der Waals surface area contributed by atoms with Crippen LogP contribution in [0.5, 0.6) is 11.5 Å². The Hall–Kier alpha value is -3.16. The third-order valence-corrected chi connectivity index (χ3v) is 9.65. The Morgan fingerprint density at radius 3 is 2.86 bits per heavy atom. The third kappa shape index (κ3) is 2.36. The minimum Gasteiger partial charge on any atom is -0.493 e. The van der Waals surface area contributed by atoms with Crippen LogP contribution in [-0.4, -0.2) is 57.9 Å². The molecule has 2 aromatic carbocycles. The Morgan fingerprint density at radius 1 is 1.25 bits per heavy atom. The second kappa shape index (κ2) is 6.78. The zero-order chi connectivity index (χ0) is 24.4. The summed E-state index contributed by atoms with van der Waals surface area (Å²) in [7, 11) is 1.64. The number of hydrogen-bond donors (Lipinski definition) is 2. The summed E-state index contributed by atoms with van der Waals surface area (Å²) in [4.78, 5) is 20.2. The molecule has 3 heterocycles. The van der Waals surface area contributed by atoms with E-state index in [2.05, 4.69) is 11.0 Å². The van der Waals surface area contributed by atoms with E-state index < -0.39 is 23.1 Å². The molecule has 5 aliphatic rings. The Labute approximate surface area is 208 Å². The summed E-state index contributed by atoms with van der Waals surface area (Å²) in [6.45, 7) is 1.87. The SMILES string of the molecule is COc1ccc2c3c1OC1c4nc5ccccc5c(C(=O)O)c4CC4(O)[C@H](C2)N(CC2CC2)CC[C@]314.